The van der Waals surface area contributed by atoms with Crippen molar-refractivity contribution in [2.75, 3.05) is 0 Å². The molecular formula is C23H18Cl2N2O. The lowest BCUT2D eigenvalue weighted by molar-refractivity contribution is -0.0190. The van der Waals surface area contributed by atoms with Crippen molar-refractivity contribution in [1.82, 2.24) is 5.01 Å². The molecular weight excluding hydrogens is 391 g/mol. The molecule has 2 heterocycles. The molecule has 0 amide bonds. The van der Waals surface area contributed by atoms with Crippen LogP contribution in [-0.2, 0) is 0 Å². The van der Waals surface area contributed by atoms with Crippen LogP contribution in [0.4, 0.5) is 0 Å². The van der Waals surface area contributed by atoms with Gasteiger partial charge in [-0.1, -0.05) is 65.2 Å². The minimum atomic E-state index is -0.333. The summed E-state index contributed by atoms with van der Waals surface area (Å²) < 4.78 is 6.35. The first-order chi connectivity index (χ1) is 13.6. The van der Waals surface area contributed by atoms with Gasteiger partial charge in [0.15, 0.2) is 0 Å². The van der Waals surface area contributed by atoms with Crippen LogP contribution in [-0.4, -0.2) is 10.7 Å². The van der Waals surface area contributed by atoms with Crippen LogP contribution in [0.15, 0.2) is 71.8 Å². The van der Waals surface area contributed by atoms with Gasteiger partial charge in [0.25, 0.3) is 0 Å². The smallest absolute Gasteiger partial charge is 0.213 e. The SMILES string of the molecule is Cc1ccc(C2=NN3[C@H](C2)c2cc(Cl)ccc2O[C@@H]3c2cccc(Cl)c2)cc1. The lowest BCUT2D eigenvalue weighted by Crippen LogP contribution is -2.33. The van der Waals surface area contributed by atoms with Crippen molar-refractivity contribution in [2.45, 2.75) is 25.6 Å². The zero-order chi connectivity index (χ0) is 19.3. The number of fused-ring (bicyclic) bond motifs is 3. The first kappa shape index (κ1) is 17.6. The summed E-state index contributed by atoms with van der Waals surface area (Å²) in [5, 5.41) is 8.39. The maximum Gasteiger partial charge on any atom is 0.213 e. The maximum atomic E-state index is 6.35. The standard InChI is InChI=1S/C23H18Cl2N2O/c1-14-5-7-15(8-6-14)20-13-21-19-12-18(25)9-10-22(19)28-23(27(21)26-20)16-3-2-4-17(24)11-16/h2-12,21,23H,13H2,1H3/t21-,23-/m1/s1. The topological polar surface area (TPSA) is 24.8 Å². The summed E-state index contributed by atoms with van der Waals surface area (Å²) in [7, 11) is 0. The van der Waals surface area contributed by atoms with Crippen molar-refractivity contribution < 1.29 is 4.74 Å². The van der Waals surface area contributed by atoms with Crippen molar-refractivity contribution in [2.24, 2.45) is 5.10 Å². The van der Waals surface area contributed by atoms with Gasteiger partial charge in [-0.05, 0) is 42.8 Å². The van der Waals surface area contributed by atoms with Crippen molar-refractivity contribution in [3.8, 4) is 5.75 Å². The molecule has 0 saturated carbocycles. The van der Waals surface area contributed by atoms with E-state index in [4.69, 9.17) is 33.0 Å². The van der Waals surface area contributed by atoms with Crippen LogP contribution < -0.4 is 4.74 Å². The van der Waals surface area contributed by atoms with Crippen LogP contribution in [0.25, 0.3) is 0 Å². The highest BCUT2D eigenvalue weighted by Gasteiger charge is 2.41. The molecule has 0 radical (unpaired) electrons. The van der Waals surface area contributed by atoms with Crippen LogP contribution in [0.1, 0.15) is 40.9 Å². The zero-order valence-corrected chi connectivity index (χ0v) is 16.8. The highest BCUT2D eigenvalue weighted by molar-refractivity contribution is 6.31. The van der Waals surface area contributed by atoms with Gasteiger partial charge in [0, 0.05) is 27.6 Å². The molecule has 2 aliphatic rings. The summed E-state index contributed by atoms with van der Waals surface area (Å²) in [4.78, 5) is 0. The molecule has 2 atom stereocenters. The third kappa shape index (κ3) is 3.05. The third-order valence-corrected chi connectivity index (χ3v) is 5.74. The number of benzene rings is 3. The number of nitrogens with zero attached hydrogens (tertiary/aromatic N) is 2. The first-order valence-corrected chi connectivity index (χ1v) is 9.98. The molecule has 0 unspecified atom stereocenters. The Kier molecular flexibility index (Phi) is 4.30. The van der Waals surface area contributed by atoms with Gasteiger partial charge in [0.2, 0.25) is 6.23 Å². The van der Waals surface area contributed by atoms with Crippen LogP contribution in [0.2, 0.25) is 10.0 Å². The van der Waals surface area contributed by atoms with E-state index in [1.165, 1.54) is 5.56 Å². The highest BCUT2D eigenvalue weighted by Crippen LogP contribution is 2.48. The molecule has 0 aromatic heterocycles. The van der Waals surface area contributed by atoms with Crippen LogP contribution >= 0.6 is 23.2 Å². The Labute approximate surface area is 174 Å². The first-order valence-electron chi connectivity index (χ1n) is 9.23. The van der Waals surface area contributed by atoms with Crippen LogP contribution in [0.3, 0.4) is 0 Å². The van der Waals surface area contributed by atoms with E-state index < -0.39 is 0 Å². The van der Waals surface area contributed by atoms with Crippen molar-refractivity contribution >= 4 is 28.9 Å². The lowest BCUT2D eigenvalue weighted by Gasteiger charge is -2.38. The predicted octanol–water partition coefficient (Wildman–Crippen LogP) is 6.54. The number of halogens is 2. The minimum Gasteiger partial charge on any atom is -0.464 e. The minimum absolute atomic E-state index is 0.0720. The fraction of sp³-hybridized carbons (Fsp3) is 0.174. The van der Waals surface area contributed by atoms with E-state index >= 15 is 0 Å². The highest BCUT2D eigenvalue weighted by atomic mass is 35.5. The molecule has 3 aromatic rings. The molecule has 0 bridgehead atoms. The molecule has 0 N–H and O–H groups in total. The molecule has 5 heteroatoms. The second kappa shape index (κ2) is 6.84. The molecule has 5 rings (SSSR count). The monoisotopic (exact) mass is 408 g/mol. The van der Waals surface area contributed by atoms with E-state index in [2.05, 4.69) is 31.2 Å². The van der Waals surface area contributed by atoms with Gasteiger partial charge in [0.05, 0.1) is 11.8 Å². The normalized spacial score (nSPS) is 20.2. The molecule has 0 saturated heterocycles. The largest absolute Gasteiger partial charge is 0.464 e. The Morgan fingerprint density at radius 3 is 2.54 bits per heavy atom. The molecule has 3 nitrogen and oxygen atoms in total. The van der Waals surface area contributed by atoms with E-state index in [-0.39, 0.29) is 12.3 Å². The summed E-state index contributed by atoms with van der Waals surface area (Å²) in [6, 6.07) is 22.1. The molecule has 0 aliphatic carbocycles. The summed E-state index contributed by atoms with van der Waals surface area (Å²) in [5.41, 5.74) is 5.46. The summed E-state index contributed by atoms with van der Waals surface area (Å²) in [6.07, 6.45) is 0.469. The van der Waals surface area contributed by atoms with E-state index in [0.717, 1.165) is 34.6 Å². The van der Waals surface area contributed by atoms with Crippen molar-refractivity contribution in [3.63, 3.8) is 0 Å². The molecule has 28 heavy (non-hydrogen) atoms. The summed E-state index contributed by atoms with van der Waals surface area (Å²) >= 11 is 12.5. The van der Waals surface area contributed by atoms with E-state index in [1.54, 1.807) is 0 Å². The maximum absolute atomic E-state index is 6.35. The average molecular weight is 409 g/mol. The molecule has 2 aliphatic heterocycles. The van der Waals surface area contributed by atoms with Crippen molar-refractivity contribution in [1.29, 1.82) is 0 Å². The summed E-state index contributed by atoms with van der Waals surface area (Å²) in [6.45, 7) is 2.09. The van der Waals surface area contributed by atoms with Crippen LogP contribution in [0, 0.1) is 6.92 Å². The number of hydrazone groups is 1. The van der Waals surface area contributed by atoms with Crippen LogP contribution in [0.5, 0.6) is 5.75 Å². The summed E-state index contributed by atoms with van der Waals surface area (Å²) in [5.74, 6) is 0.844. The van der Waals surface area contributed by atoms with Gasteiger partial charge >= 0.3 is 0 Å². The average Bonchev–Trinajstić information content (AvgIpc) is 3.14. The van der Waals surface area contributed by atoms with E-state index in [1.807, 2.05) is 47.5 Å². The number of aryl methyl sites for hydroxylation is 1. The second-order valence-corrected chi connectivity index (χ2v) is 8.09. The third-order valence-electron chi connectivity index (χ3n) is 5.27. The van der Waals surface area contributed by atoms with Gasteiger partial charge in [0.1, 0.15) is 5.75 Å². The van der Waals surface area contributed by atoms with Gasteiger partial charge in [-0.3, -0.25) is 0 Å². The quantitative estimate of drug-likeness (QED) is 0.480. The second-order valence-electron chi connectivity index (χ2n) is 7.22. The zero-order valence-electron chi connectivity index (χ0n) is 15.3. The van der Waals surface area contributed by atoms with E-state index in [0.29, 0.717) is 10.0 Å². The van der Waals surface area contributed by atoms with Gasteiger partial charge < -0.3 is 4.74 Å². The number of hydrogen-bond donors (Lipinski definition) is 0. The van der Waals surface area contributed by atoms with Gasteiger partial charge in [-0.15, -0.1) is 0 Å². The Bertz CT molecular complexity index is 1080. The van der Waals surface area contributed by atoms with E-state index in [9.17, 15) is 0 Å². The van der Waals surface area contributed by atoms with Gasteiger partial charge in [-0.2, -0.15) is 5.10 Å². The Morgan fingerprint density at radius 1 is 0.964 bits per heavy atom. The Hall–Kier alpha value is -2.49. The number of hydrogen-bond acceptors (Lipinski definition) is 3. The number of rotatable bonds is 2. The molecule has 140 valence electrons. The van der Waals surface area contributed by atoms with Gasteiger partial charge in [-0.25, -0.2) is 5.01 Å². The molecule has 0 spiro atoms. The van der Waals surface area contributed by atoms with Crippen molar-refractivity contribution in [3.05, 3.63) is 99.0 Å². The fourth-order valence-electron chi connectivity index (χ4n) is 3.86. The Balaban J connectivity index is 1.61. The predicted molar refractivity (Wildman–Crippen MR) is 113 cm³/mol. The lowest BCUT2D eigenvalue weighted by atomic mass is 9.95. The molecule has 0 fully saturated rings. The molecule has 3 aromatic carbocycles. The fourth-order valence-corrected chi connectivity index (χ4v) is 4.24. The number of ether oxygens (including phenoxy) is 1. The Morgan fingerprint density at radius 2 is 1.75 bits per heavy atom.